The van der Waals surface area contributed by atoms with E-state index >= 15 is 0 Å². The molecular formula is C9H17NO5. The average Bonchev–Trinajstić information content (AvgIpc) is 2.19. The first-order valence-electron chi connectivity index (χ1n) is 4.78. The van der Waals surface area contributed by atoms with Gasteiger partial charge in [-0.15, -0.1) is 0 Å². The Morgan fingerprint density at radius 3 is 2.47 bits per heavy atom. The molecule has 15 heavy (non-hydrogen) atoms. The molecule has 0 aromatic carbocycles. The molecule has 0 heterocycles. The van der Waals surface area contributed by atoms with Crippen LogP contribution < -0.4 is 5.48 Å². The van der Waals surface area contributed by atoms with Crippen LogP contribution in [0.25, 0.3) is 0 Å². The number of unbranched alkanes of at least 4 members (excludes halogenated alkanes) is 1. The number of carboxylic acid groups (broad SMARTS) is 1. The number of methoxy groups -OCH3 is 1. The Morgan fingerprint density at radius 1 is 1.20 bits per heavy atom. The topological polar surface area (TPSA) is 84.9 Å². The van der Waals surface area contributed by atoms with Gasteiger partial charge < -0.3 is 9.84 Å². The molecule has 0 fully saturated rings. The summed E-state index contributed by atoms with van der Waals surface area (Å²) in [6.07, 6.45) is 1.42. The number of amides is 1. The highest BCUT2D eigenvalue weighted by molar-refractivity contribution is 5.74. The van der Waals surface area contributed by atoms with Gasteiger partial charge in [-0.1, -0.05) is 0 Å². The zero-order chi connectivity index (χ0) is 11.5. The van der Waals surface area contributed by atoms with Gasteiger partial charge in [0.1, 0.15) is 0 Å². The van der Waals surface area contributed by atoms with E-state index in [9.17, 15) is 9.59 Å². The molecule has 0 aromatic heterocycles. The van der Waals surface area contributed by atoms with E-state index in [1.54, 1.807) is 0 Å². The molecule has 0 aliphatic rings. The van der Waals surface area contributed by atoms with Crippen LogP contribution in [0.5, 0.6) is 0 Å². The third kappa shape index (κ3) is 10.8. The Labute approximate surface area is 88.5 Å². The SMILES string of the molecule is COCCONC(=O)CCCCC(=O)O. The number of rotatable bonds is 9. The molecule has 0 aliphatic carbocycles. The summed E-state index contributed by atoms with van der Waals surface area (Å²) < 4.78 is 4.71. The highest BCUT2D eigenvalue weighted by Crippen LogP contribution is 1.99. The second kappa shape index (κ2) is 9.42. The molecule has 6 heteroatoms. The molecule has 0 radical (unpaired) electrons. The molecule has 0 saturated heterocycles. The molecule has 0 unspecified atom stereocenters. The van der Waals surface area contributed by atoms with E-state index in [0.29, 0.717) is 26.1 Å². The molecule has 0 spiro atoms. The van der Waals surface area contributed by atoms with Crippen molar-refractivity contribution < 1.29 is 24.3 Å². The summed E-state index contributed by atoms with van der Waals surface area (Å²) in [5, 5.41) is 8.34. The summed E-state index contributed by atoms with van der Waals surface area (Å²) >= 11 is 0. The van der Waals surface area contributed by atoms with Crippen LogP contribution >= 0.6 is 0 Å². The van der Waals surface area contributed by atoms with Crippen LogP contribution in [0.15, 0.2) is 0 Å². The maximum absolute atomic E-state index is 11.0. The van der Waals surface area contributed by atoms with Crippen LogP contribution in [-0.4, -0.2) is 37.3 Å². The third-order valence-corrected chi connectivity index (χ3v) is 1.62. The Hall–Kier alpha value is -1.14. The molecule has 0 aliphatic heterocycles. The maximum atomic E-state index is 11.0. The van der Waals surface area contributed by atoms with Gasteiger partial charge in [0.05, 0.1) is 13.2 Å². The largest absolute Gasteiger partial charge is 0.481 e. The summed E-state index contributed by atoms with van der Waals surface area (Å²) in [6.45, 7) is 0.719. The van der Waals surface area contributed by atoms with Gasteiger partial charge in [-0.3, -0.25) is 14.4 Å². The van der Waals surface area contributed by atoms with E-state index < -0.39 is 5.97 Å². The van der Waals surface area contributed by atoms with Crippen LogP contribution in [0.2, 0.25) is 0 Å². The Balaban J connectivity index is 3.22. The second-order valence-corrected chi connectivity index (χ2v) is 2.97. The molecule has 0 rings (SSSR count). The summed E-state index contributed by atoms with van der Waals surface area (Å²) in [6, 6.07) is 0. The lowest BCUT2D eigenvalue weighted by molar-refractivity contribution is -0.138. The first-order valence-corrected chi connectivity index (χ1v) is 4.78. The summed E-state index contributed by atoms with van der Waals surface area (Å²) in [4.78, 5) is 25.9. The zero-order valence-electron chi connectivity index (χ0n) is 8.82. The minimum absolute atomic E-state index is 0.0951. The zero-order valence-corrected chi connectivity index (χ0v) is 8.82. The van der Waals surface area contributed by atoms with Crippen molar-refractivity contribution in [2.24, 2.45) is 0 Å². The lowest BCUT2D eigenvalue weighted by atomic mass is 10.2. The van der Waals surface area contributed by atoms with Crippen molar-refractivity contribution in [3.63, 3.8) is 0 Å². The molecule has 0 aromatic rings. The van der Waals surface area contributed by atoms with Gasteiger partial charge in [0.15, 0.2) is 0 Å². The van der Waals surface area contributed by atoms with E-state index in [0.717, 1.165) is 0 Å². The Morgan fingerprint density at radius 2 is 1.87 bits per heavy atom. The van der Waals surface area contributed by atoms with Crippen LogP contribution in [0.3, 0.4) is 0 Å². The first-order chi connectivity index (χ1) is 7.16. The van der Waals surface area contributed by atoms with Crippen molar-refractivity contribution >= 4 is 11.9 Å². The van der Waals surface area contributed by atoms with Crippen molar-refractivity contribution in [1.29, 1.82) is 0 Å². The second-order valence-electron chi connectivity index (χ2n) is 2.97. The highest BCUT2D eigenvalue weighted by atomic mass is 16.7. The summed E-state index contributed by atoms with van der Waals surface area (Å²) in [5.74, 6) is -1.08. The van der Waals surface area contributed by atoms with E-state index in [1.165, 1.54) is 7.11 Å². The van der Waals surface area contributed by atoms with Crippen molar-refractivity contribution in [2.75, 3.05) is 20.3 Å². The highest BCUT2D eigenvalue weighted by Gasteiger charge is 2.02. The number of carbonyl (C=O) groups is 2. The number of hydroxylamine groups is 1. The monoisotopic (exact) mass is 219 g/mol. The standard InChI is InChI=1S/C9H17NO5/c1-14-6-7-15-10-8(11)4-2-3-5-9(12)13/h2-7H2,1H3,(H,10,11)(H,12,13). The lowest BCUT2D eigenvalue weighted by Gasteiger charge is -2.04. The number of carboxylic acids is 1. The van der Waals surface area contributed by atoms with Gasteiger partial charge >= 0.3 is 5.97 Å². The quantitative estimate of drug-likeness (QED) is 0.431. The Bertz CT molecular complexity index is 195. The van der Waals surface area contributed by atoms with Crippen LogP contribution in [0.1, 0.15) is 25.7 Å². The first kappa shape index (κ1) is 13.9. The van der Waals surface area contributed by atoms with Crippen molar-refractivity contribution in [1.82, 2.24) is 5.48 Å². The fourth-order valence-electron chi connectivity index (χ4n) is 0.869. The third-order valence-electron chi connectivity index (χ3n) is 1.62. The van der Waals surface area contributed by atoms with E-state index in [-0.39, 0.29) is 18.7 Å². The summed E-state index contributed by atoms with van der Waals surface area (Å²) in [5.41, 5.74) is 2.24. The smallest absolute Gasteiger partial charge is 0.303 e. The van der Waals surface area contributed by atoms with Crippen molar-refractivity contribution in [2.45, 2.75) is 25.7 Å². The lowest BCUT2D eigenvalue weighted by Crippen LogP contribution is -2.25. The number of hydrogen-bond donors (Lipinski definition) is 2. The van der Waals surface area contributed by atoms with Crippen LogP contribution in [0, 0.1) is 0 Å². The molecule has 0 saturated carbocycles. The van der Waals surface area contributed by atoms with E-state index in [2.05, 4.69) is 5.48 Å². The number of nitrogens with one attached hydrogen (secondary N) is 1. The number of ether oxygens (including phenoxy) is 1. The Kier molecular flexibility index (Phi) is 8.70. The predicted octanol–water partition coefficient (Wildman–Crippen LogP) is 0.326. The maximum Gasteiger partial charge on any atom is 0.303 e. The van der Waals surface area contributed by atoms with Gasteiger partial charge in [0, 0.05) is 20.0 Å². The molecule has 0 bridgehead atoms. The predicted molar refractivity (Wildman–Crippen MR) is 52.1 cm³/mol. The minimum Gasteiger partial charge on any atom is -0.481 e. The molecule has 6 nitrogen and oxygen atoms in total. The van der Waals surface area contributed by atoms with Gasteiger partial charge in [0.2, 0.25) is 5.91 Å². The molecule has 0 atom stereocenters. The number of carbonyl (C=O) groups excluding carboxylic acids is 1. The van der Waals surface area contributed by atoms with Gasteiger partial charge in [-0.05, 0) is 12.8 Å². The van der Waals surface area contributed by atoms with E-state index in [4.69, 9.17) is 14.7 Å². The average molecular weight is 219 g/mol. The van der Waals surface area contributed by atoms with Crippen molar-refractivity contribution in [3.05, 3.63) is 0 Å². The normalized spacial score (nSPS) is 9.93. The fraction of sp³-hybridized carbons (Fsp3) is 0.778. The summed E-state index contributed by atoms with van der Waals surface area (Å²) in [7, 11) is 1.54. The molecule has 2 N–H and O–H groups in total. The van der Waals surface area contributed by atoms with Crippen LogP contribution in [0.4, 0.5) is 0 Å². The molecule has 88 valence electrons. The van der Waals surface area contributed by atoms with Crippen LogP contribution in [-0.2, 0) is 19.2 Å². The van der Waals surface area contributed by atoms with Gasteiger partial charge in [-0.2, -0.15) is 0 Å². The van der Waals surface area contributed by atoms with Crippen molar-refractivity contribution in [3.8, 4) is 0 Å². The number of hydrogen-bond acceptors (Lipinski definition) is 4. The fourth-order valence-corrected chi connectivity index (χ4v) is 0.869. The van der Waals surface area contributed by atoms with Gasteiger partial charge in [-0.25, -0.2) is 5.48 Å². The molecule has 1 amide bonds. The number of aliphatic carboxylic acids is 1. The van der Waals surface area contributed by atoms with Gasteiger partial charge in [0.25, 0.3) is 0 Å². The van der Waals surface area contributed by atoms with E-state index in [1.807, 2.05) is 0 Å². The molecular weight excluding hydrogens is 202 g/mol. The minimum atomic E-state index is -0.841.